The van der Waals surface area contributed by atoms with Crippen molar-refractivity contribution in [2.75, 3.05) is 6.54 Å². The van der Waals surface area contributed by atoms with E-state index in [1.165, 1.54) is 12.1 Å². The Balaban J connectivity index is 2.87. The van der Waals surface area contributed by atoms with E-state index in [0.29, 0.717) is 6.54 Å². The van der Waals surface area contributed by atoms with E-state index in [-0.39, 0.29) is 28.1 Å². The number of amides is 2. The van der Waals surface area contributed by atoms with Crippen LogP contribution >= 0.6 is 11.6 Å². The molecular formula is C16H22ClN3O4. The lowest BCUT2D eigenvalue weighted by Crippen LogP contribution is -2.49. The van der Waals surface area contributed by atoms with Crippen molar-refractivity contribution in [3.05, 3.63) is 38.9 Å². The summed E-state index contributed by atoms with van der Waals surface area (Å²) < 4.78 is 0. The van der Waals surface area contributed by atoms with Gasteiger partial charge in [0.1, 0.15) is 11.1 Å². The van der Waals surface area contributed by atoms with Crippen molar-refractivity contribution in [2.45, 2.75) is 39.7 Å². The molecule has 0 aliphatic carbocycles. The van der Waals surface area contributed by atoms with Crippen LogP contribution in [-0.4, -0.2) is 29.3 Å². The number of halogens is 1. The highest BCUT2D eigenvalue weighted by atomic mass is 35.5. The summed E-state index contributed by atoms with van der Waals surface area (Å²) >= 11 is 5.74. The van der Waals surface area contributed by atoms with Crippen molar-refractivity contribution in [3.8, 4) is 0 Å². The average molecular weight is 356 g/mol. The molecule has 0 heterocycles. The van der Waals surface area contributed by atoms with Gasteiger partial charge < -0.3 is 10.6 Å². The fraction of sp³-hybridized carbons (Fsp3) is 0.500. The lowest BCUT2D eigenvalue weighted by molar-refractivity contribution is -0.384. The summed E-state index contributed by atoms with van der Waals surface area (Å²) in [6.07, 6.45) is 1.81. The monoisotopic (exact) mass is 355 g/mol. The maximum atomic E-state index is 12.3. The summed E-state index contributed by atoms with van der Waals surface area (Å²) in [6.45, 7) is 6.19. The Kier molecular flexibility index (Phi) is 7.64. The molecule has 1 aromatic carbocycles. The van der Waals surface area contributed by atoms with Gasteiger partial charge in [0, 0.05) is 18.2 Å². The molecule has 0 saturated carbocycles. The highest BCUT2D eigenvalue weighted by Gasteiger charge is 2.25. The summed E-state index contributed by atoms with van der Waals surface area (Å²) in [6, 6.07) is 3.06. The van der Waals surface area contributed by atoms with Crippen molar-refractivity contribution in [1.82, 2.24) is 10.6 Å². The molecule has 7 nitrogen and oxygen atoms in total. The smallest absolute Gasteiger partial charge is 0.288 e. The Bertz CT molecular complexity index is 619. The topological polar surface area (TPSA) is 101 Å². The molecule has 1 aromatic rings. The highest BCUT2D eigenvalue weighted by Crippen LogP contribution is 2.25. The molecule has 24 heavy (non-hydrogen) atoms. The number of nitro benzene ring substituents is 1. The standard InChI is InChI=1S/C16H22ClN3O4/c1-4-5-8-18-16(22)14(10(2)3)19-15(21)11-6-7-12(17)13(9-11)20(23)24/h6-7,9-10,14H,4-5,8H2,1-3H3,(H,18,22)(H,19,21). The predicted octanol–water partition coefficient (Wildman–Crippen LogP) is 2.92. The maximum Gasteiger partial charge on any atom is 0.288 e. The molecule has 0 fully saturated rings. The van der Waals surface area contributed by atoms with E-state index in [1.807, 2.05) is 20.8 Å². The van der Waals surface area contributed by atoms with Gasteiger partial charge in [0.2, 0.25) is 5.91 Å². The summed E-state index contributed by atoms with van der Waals surface area (Å²) in [4.78, 5) is 34.8. The van der Waals surface area contributed by atoms with Crippen molar-refractivity contribution >= 4 is 29.1 Å². The minimum atomic E-state index is -0.718. The van der Waals surface area contributed by atoms with Gasteiger partial charge in [-0.15, -0.1) is 0 Å². The molecule has 2 amide bonds. The molecule has 0 aliphatic heterocycles. The number of unbranched alkanes of at least 4 members (excludes halogenated alkanes) is 1. The number of carbonyl (C=O) groups is 2. The predicted molar refractivity (Wildman–Crippen MR) is 92.1 cm³/mol. The van der Waals surface area contributed by atoms with E-state index in [2.05, 4.69) is 10.6 Å². The summed E-state index contributed by atoms with van der Waals surface area (Å²) in [5, 5.41) is 16.3. The lowest BCUT2D eigenvalue weighted by atomic mass is 10.0. The molecule has 0 bridgehead atoms. The first-order valence-corrected chi connectivity index (χ1v) is 8.18. The molecule has 0 saturated heterocycles. The van der Waals surface area contributed by atoms with E-state index in [0.717, 1.165) is 18.9 Å². The van der Waals surface area contributed by atoms with Gasteiger partial charge in [-0.05, 0) is 24.5 Å². The van der Waals surface area contributed by atoms with Gasteiger partial charge >= 0.3 is 0 Å². The number of benzene rings is 1. The van der Waals surface area contributed by atoms with E-state index < -0.39 is 16.9 Å². The van der Waals surface area contributed by atoms with Gasteiger partial charge in [0.15, 0.2) is 0 Å². The zero-order chi connectivity index (χ0) is 18.3. The molecule has 1 unspecified atom stereocenters. The quantitative estimate of drug-likeness (QED) is 0.425. The number of hydrogen-bond donors (Lipinski definition) is 2. The summed E-state index contributed by atoms with van der Waals surface area (Å²) in [7, 11) is 0. The number of nitro groups is 1. The third-order valence-electron chi connectivity index (χ3n) is 3.47. The first kappa shape index (κ1) is 19.9. The number of hydrogen-bond acceptors (Lipinski definition) is 4. The first-order chi connectivity index (χ1) is 11.3. The van der Waals surface area contributed by atoms with E-state index in [9.17, 15) is 19.7 Å². The summed E-state index contributed by atoms with van der Waals surface area (Å²) in [5.41, 5.74) is -0.268. The highest BCUT2D eigenvalue weighted by molar-refractivity contribution is 6.32. The van der Waals surface area contributed by atoms with Crippen LogP contribution in [0.3, 0.4) is 0 Å². The van der Waals surface area contributed by atoms with Crippen molar-refractivity contribution < 1.29 is 14.5 Å². The fourth-order valence-corrected chi connectivity index (χ4v) is 2.24. The van der Waals surface area contributed by atoms with Crippen molar-refractivity contribution in [2.24, 2.45) is 5.92 Å². The second kappa shape index (κ2) is 9.22. The van der Waals surface area contributed by atoms with Crippen LogP contribution in [0.5, 0.6) is 0 Å². The zero-order valence-electron chi connectivity index (χ0n) is 14.0. The number of nitrogens with one attached hydrogen (secondary N) is 2. The van der Waals surface area contributed by atoms with Crippen LogP contribution in [0.25, 0.3) is 0 Å². The molecule has 0 aliphatic rings. The third kappa shape index (κ3) is 5.49. The molecule has 1 atom stereocenters. The van der Waals surface area contributed by atoms with Gasteiger partial charge in [-0.3, -0.25) is 19.7 Å². The number of nitrogens with zero attached hydrogens (tertiary/aromatic N) is 1. The van der Waals surface area contributed by atoms with Gasteiger partial charge in [-0.2, -0.15) is 0 Å². The Hall–Kier alpha value is -2.15. The number of carbonyl (C=O) groups excluding carboxylic acids is 2. The molecule has 132 valence electrons. The molecular weight excluding hydrogens is 334 g/mol. The molecule has 0 aromatic heterocycles. The van der Waals surface area contributed by atoms with Crippen molar-refractivity contribution in [1.29, 1.82) is 0 Å². The molecule has 1 rings (SSSR count). The third-order valence-corrected chi connectivity index (χ3v) is 3.79. The summed E-state index contributed by atoms with van der Waals surface area (Å²) in [5.74, 6) is -0.952. The molecule has 2 N–H and O–H groups in total. The van der Waals surface area contributed by atoms with Crippen LogP contribution in [0.1, 0.15) is 44.0 Å². The van der Waals surface area contributed by atoms with Gasteiger partial charge in [-0.25, -0.2) is 0 Å². The Morgan fingerprint density at radius 2 is 2.00 bits per heavy atom. The van der Waals surface area contributed by atoms with Crippen LogP contribution in [-0.2, 0) is 4.79 Å². The fourth-order valence-electron chi connectivity index (χ4n) is 2.05. The van der Waals surface area contributed by atoms with Crippen LogP contribution in [0.4, 0.5) is 5.69 Å². The zero-order valence-corrected chi connectivity index (χ0v) is 14.7. The molecule has 0 spiro atoms. The van der Waals surface area contributed by atoms with Crippen LogP contribution in [0.15, 0.2) is 18.2 Å². The van der Waals surface area contributed by atoms with Gasteiger partial charge in [-0.1, -0.05) is 38.8 Å². The maximum absolute atomic E-state index is 12.3. The SMILES string of the molecule is CCCCNC(=O)C(NC(=O)c1ccc(Cl)c([N+](=O)[O-])c1)C(C)C. The second-order valence-electron chi connectivity index (χ2n) is 5.76. The molecule has 0 radical (unpaired) electrons. The Morgan fingerprint density at radius 1 is 1.33 bits per heavy atom. The average Bonchev–Trinajstić information content (AvgIpc) is 2.52. The van der Waals surface area contributed by atoms with Gasteiger partial charge in [0.25, 0.3) is 11.6 Å². The number of rotatable bonds is 8. The lowest BCUT2D eigenvalue weighted by Gasteiger charge is -2.21. The van der Waals surface area contributed by atoms with Crippen LogP contribution in [0, 0.1) is 16.0 Å². The van der Waals surface area contributed by atoms with E-state index in [1.54, 1.807) is 0 Å². The molecule has 8 heteroatoms. The minimum absolute atomic E-state index is 0.0470. The normalized spacial score (nSPS) is 11.9. The van der Waals surface area contributed by atoms with Crippen LogP contribution < -0.4 is 10.6 Å². The van der Waals surface area contributed by atoms with E-state index >= 15 is 0 Å². The minimum Gasteiger partial charge on any atom is -0.354 e. The van der Waals surface area contributed by atoms with Crippen LogP contribution in [0.2, 0.25) is 5.02 Å². The largest absolute Gasteiger partial charge is 0.354 e. The second-order valence-corrected chi connectivity index (χ2v) is 6.17. The van der Waals surface area contributed by atoms with Crippen molar-refractivity contribution in [3.63, 3.8) is 0 Å². The Labute approximate surface area is 145 Å². The van der Waals surface area contributed by atoms with E-state index in [4.69, 9.17) is 11.6 Å². The first-order valence-electron chi connectivity index (χ1n) is 7.80. The van der Waals surface area contributed by atoms with Gasteiger partial charge in [0.05, 0.1) is 4.92 Å². The Morgan fingerprint density at radius 3 is 2.54 bits per heavy atom.